The van der Waals surface area contributed by atoms with Gasteiger partial charge in [-0.25, -0.2) is 22.0 Å². The monoisotopic (exact) mass is 383 g/mol. The molecule has 0 heterocycles. The lowest BCUT2D eigenvalue weighted by molar-refractivity contribution is 0.0463. The van der Waals surface area contributed by atoms with Crippen LogP contribution in [0.4, 0.5) is 8.78 Å². The van der Waals surface area contributed by atoms with Gasteiger partial charge in [-0.15, -0.1) is 0 Å². The highest BCUT2D eigenvalue weighted by Gasteiger charge is 2.24. The molecule has 2 aromatic carbocycles. The van der Waals surface area contributed by atoms with E-state index in [1.54, 1.807) is 19.9 Å². The van der Waals surface area contributed by atoms with Crippen LogP contribution in [-0.4, -0.2) is 31.8 Å². The lowest BCUT2D eigenvalue weighted by atomic mass is 10.2. The van der Waals surface area contributed by atoms with E-state index in [0.717, 1.165) is 18.2 Å². The number of benzene rings is 2. The highest BCUT2D eigenvalue weighted by molar-refractivity contribution is 7.89. The van der Waals surface area contributed by atoms with Crippen molar-refractivity contribution in [3.05, 3.63) is 65.2 Å². The summed E-state index contributed by atoms with van der Waals surface area (Å²) in [6.45, 7) is 3.44. The topological polar surface area (TPSA) is 63.7 Å². The molecule has 26 heavy (non-hydrogen) atoms. The Kier molecular flexibility index (Phi) is 6.44. The molecule has 0 amide bonds. The van der Waals surface area contributed by atoms with Crippen molar-refractivity contribution in [3.8, 4) is 0 Å². The van der Waals surface area contributed by atoms with Gasteiger partial charge in [0.1, 0.15) is 18.2 Å². The molecule has 0 spiro atoms. The Morgan fingerprint density at radius 3 is 2.31 bits per heavy atom. The Hall–Kier alpha value is -2.32. The van der Waals surface area contributed by atoms with Gasteiger partial charge in [0.2, 0.25) is 10.0 Å². The Morgan fingerprint density at radius 2 is 1.69 bits per heavy atom. The summed E-state index contributed by atoms with van der Waals surface area (Å²) >= 11 is 0. The number of sulfonamides is 1. The van der Waals surface area contributed by atoms with Crippen LogP contribution < -0.4 is 0 Å². The van der Waals surface area contributed by atoms with Gasteiger partial charge in [0.15, 0.2) is 0 Å². The van der Waals surface area contributed by atoms with Gasteiger partial charge < -0.3 is 4.74 Å². The maximum atomic E-state index is 14.0. The van der Waals surface area contributed by atoms with E-state index in [1.807, 2.05) is 0 Å². The van der Waals surface area contributed by atoms with Crippen LogP contribution in [0.3, 0.4) is 0 Å². The summed E-state index contributed by atoms with van der Waals surface area (Å²) in [5, 5.41) is 0. The molecule has 5 nitrogen and oxygen atoms in total. The van der Waals surface area contributed by atoms with Crippen LogP contribution in [0.2, 0.25) is 0 Å². The molecular formula is C18H19F2NO4S. The molecular weight excluding hydrogens is 364 g/mol. The van der Waals surface area contributed by atoms with Crippen molar-refractivity contribution in [3.63, 3.8) is 0 Å². The van der Waals surface area contributed by atoms with Crippen LogP contribution in [0, 0.1) is 11.6 Å². The van der Waals surface area contributed by atoms with Crippen LogP contribution >= 0.6 is 0 Å². The Labute approximate surface area is 151 Å². The molecule has 2 aromatic rings. The minimum atomic E-state index is -3.85. The van der Waals surface area contributed by atoms with E-state index >= 15 is 0 Å². The normalized spacial score (nSPS) is 11.6. The summed E-state index contributed by atoms with van der Waals surface area (Å²) in [7, 11) is -3.85. The van der Waals surface area contributed by atoms with E-state index in [0.29, 0.717) is 0 Å². The van der Waals surface area contributed by atoms with Crippen LogP contribution in [0.15, 0.2) is 47.4 Å². The van der Waals surface area contributed by atoms with E-state index in [9.17, 15) is 22.0 Å². The van der Waals surface area contributed by atoms with Crippen LogP contribution in [-0.2, 0) is 21.4 Å². The zero-order valence-electron chi connectivity index (χ0n) is 14.4. The molecule has 2 rings (SSSR count). The van der Waals surface area contributed by atoms with Gasteiger partial charge in [0.25, 0.3) is 0 Å². The van der Waals surface area contributed by atoms with Crippen LogP contribution in [0.25, 0.3) is 0 Å². The Bertz CT molecular complexity index is 896. The fourth-order valence-electron chi connectivity index (χ4n) is 2.37. The second-order valence-corrected chi connectivity index (χ2v) is 7.34. The number of halogens is 2. The molecule has 0 aliphatic carbocycles. The lowest BCUT2D eigenvalue weighted by Crippen LogP contribution is -2.30. The van der Waals surface area contributed by atoms with Gasteiger partial charge in [0, 0.05) is 18.7 Å². The zero-order valence-corrected chi connectivity index (χ0v) is 15.2. The molecule has 140 valence electrons. The van der Waals surface area contributed by atoms with E-state index in [1.165, 1.54) is 22.5 Å². The van der Waals surface area contributed by atoms with Crippen molar-refractivity contribution in [2.75, 3.05) is 13.1 Å². The molecule has 0 bridgehead atoms. The quantitative estimate of drug-likeness (QED) is 0.688. The number of carbonyl (C=O) groups excluding carboxylic acids is 1. The molecule has 0 radical (unpaired) electrons. The number of hydrogen-bond acceptors (Lipinski definition) is 4. The van der Waals surface area contributed by atoms with Gasteiger partial charge in [-0.05, 0) is 24.3 Å². The summed E-state index contributed by atoms with van der Waals surface area (Å²) in [4.78, 5) is 11.9. The minimum absolute atomic E-state index is 0.133. The van der Waals surface area contributed by atoms with Crippen molar-refractivity contribution < 1.29 is 26.7 Å². The van der Waals surface area contributed by atoms with Crippen LogP contribution in [0.1, 0.15) is 29.8 Å². The SMILES string of the molecule is CCN(CC)S(=O)(=O)c1ccc(F)c(C(=O)OCc2ccccc2F)c1. The smallest absolute Gasteiger partial charge is 0.341 e. The lowest BCUT2D eigenvalue weighted by Gasteiger charge is -2.18. The molecule has 0 atom stereocenters. The third-order valence-corrected chi connectivity index (χ3v) is 5.86. The number of nitrogens with zero attached hydrogens (tertiary/aromatic N) is 1. The Morgan fingerprint density at radius 1 is 1.04 bits per heavy atom. The average molecular weight is 383 g/mol. The first-order chi connectivity index (χ1) is 12.3. The standard InChI is InChI=1S/C18H19F2NO4S/c1-3-21(4-2)26(23,24)14-9-10-17(20)15(11-14)18(22)25-12-13-7-5-6-8-16(13)19/h5-11H,3-4,12H2,1-2H3. The average Bonchev–Trinajstić information content (AvgIpc) is 2.61. The molecule has 0 fully saturated rings. The maximum absolute atomic E-state index is 14.0. The maximum Gasteiger partial charge on any atom is 0.341 e. The van der Waals surface area contributed by atoms with Crippen molar-refractivity contribution >= 4 is 16.0 Å². The first-order valence-corrected chi connectivity index (χ1v) is 9.45. The van der Waals surface area contributed by atoms with Crippen molar-refractivity contribution in [2.45, 2.75) is 25.3 Å². The first-order valence-electron chi connectivity index (χ1n) is 8.01. The largest absolute Gasteiger partial charge is 0.457 e. The summed E-state index contributed by atoms with van der Waals surface area (Å²) in [6, 6.07) is 8.63. The molecule has 0 aliphatic heterocycles. The number of hydrogen-bond donors (Lipinski definition) is 0. The van der Waals surface area contributed by atoms with E-state index in [-0.39, 0.29) is 23.5 Å². The fourth-order valence-corrected chi connectivity index (χ4v) is 3.86. The first kappa shape index (κ1) is 20.0. The van der Waals surface area contributed by atoms with E-state index < -0.39 is 39.8 Å². The molecule has 0 aromatic heterocycles. The zero-order chi connectivity index (χ0) is 19.3. The molecule has 0 aliphatic rings. The molecule has 0 saturated carbocycles. The number of rotatable bonds is 7. The van der Waals surface area contributed by atoms with E-state index in [2.05, 4.69) is 0 Å². The summed E-state index contributed by atoms with van der Waals surface area (Å²) in [5.74, 6) is -2.54. The van der Waals surface area contributed by atoms with Gasteiger partial charge in [-0.2, -0.15) is 4.31 Å². The molecule has 0 unspecified atom stereocenters. The van der Waals surface area contributed by atoms with E-state index in [4.69, 9.17) is 4.74 Å². The fraction of sp³-hybridized carbons (Fsp3) is 0.278. The second-order valence-electron chi connectivity index (χ2n) is 5.40. The predicted molar refractivity (Wildman–Crippen MR) is 92.0 cm³/mol. The number of carbonyl (C=O) groups is 1. The molecule has 0 saturated heterocycles. The van der Waals surface area contributed by atoms with Gasteiger partial charge in [-0.3, -0.25) is 0 Å². The number of ether oxygens (including phenoxy) is 1. The summed E-state index contributed by atoms with van der Waals surface area (Å²) < 4.78 is 58.7. The summed E-state index contributed by atoms with van der Waals surface area (Å²) in [5.41, 5.74) is -0.386. The van der Waals surface area contributed by atoms with Gasteiger partial charge in [-0.1, -0.05) is 32.0 Å². The molecule has 8 heteroatoms. The van der Waals surface area contributed by atoms with Crippen LogP contribution in [0.5, 0.6) is 0 Å². The Balaban J connectivity index is 2.26. The minimum Gasteiger partial charge on any atom is -0.457 e. The molecule has 0 N–H and O–H groups in total. The van der Waals surface area contributed by atoms with Gasteiger partial charge in [0.05, 0.1) is 10.5 Å². The van der Waals surface area contributed by atoms with Gasteiger partial charge >= 0.3 is 5.97 Å². The predicted octanol–water partition coefficient (Wildman–Crippen LogP) is 3.35. The van der Waals surface area contributed by atoms with Crippen molar-refractivity contribution in [1.29, 1.82) is 0 Å². The number of esters is 1. The van der Waals surface area contributed by atoms with Crippen molar-refractivity contribution in [2.24, 2.45) is 0 Å². The highest BCUT2D eigenvalue weighted by Crippen LogP contribution is 2.20. The highest BCUT2D eigenvalue weighted by atomic mass is 32.2. The second kappa shape index (κ2) is 8.37. The van der Waals surface area contributed by atoms with Crippen molar-refractivity contribution in [1.82, 2.24) is 4.31 Å². The summed E-state index contributed by atoms with van der Waals surface area (Å²) in [6.07, 6.45) is 0. The third kappa shape index (κ3) is 4.25. The third-order valence-electron chi connectivity index (χ3n) is 3.82.